The van der Waals surface area contributed by atoms with Gasteiger partial charge in [0.2, 0.25) is 5.88 Å². The topological polar surface area (TPSA) is 78.0 Å². The Morgan fingerprint density at radius 2 is 1.96 bits per heavy atom. The monoisotopic (exact) mass is 336 g/mol. The maximum atomic E-state index is 12.3. The Kier molecular flexibility index (Phi) is 5.01. The summed E-state index contributed by atoms with van der Waals surface area (Å²) in [5.74, 6) is 0.169. The molecule has 0 unspecified atom stereocenters. The second-order valence-corrected chi connectivity index (χ2v) is 7.18. The molecule has 1 aliphatic heterocycles. The highest BCUT2D eigenvalue weighted by molar-refractivity contribution is 5.81. The van der Waals surface area contributed by atoms with Crippen LogP contribution < -0.4 is 4.74 Å². The van der Waals surface area contributed by atoms with Gasteiger partial charge < -0.3 is 19.1 Å². The summed E-state index contributed by atoms with van der Waals surface area (Å²) in [6, 6.07) is 3.49. The van der Waals surface area contributed by atoms with Crippen LogP contribution >= 0.6 is 0 Å². The van der Waals surface area contributed by atoms with Gasteiger partial charge in [-0.1, -0.05) is 0 Å². The number of ether oxygens (including phenoxy) is 3. The molecule has 0 aliphatic carbocycles. The van der Waals surface area contributed by atoms with Crippen LogP contribution in [0.3, 0.4) is 0 Å². The zero-order valence-corrected chi connectivity index (χ0v) is 14.8. The molecule has 0 radical (unpaired) electrons. The molecule has 0 spiro atoms. The summed E-state index contributed by atoms with van der Waals surface area (Å²) < 4.78 is 15.6. The molecule has 2 rings (SSSR count). The van der Waals surface area contributed by atoms with Gasteiger partial charge in [-0.15, -0.1) is 0 Å². The Balaban J connectivity index is 1.82. The maximum absolute atomic E-state index is 12.3. The second kappa shape index (κ2) is 6.67. The maximum Gasteiger partial charge on any atom is 0.410 e. The van der Waals surface area contributed by atoms with Gasteiger partial charge in [-0.3, -0.25) is 4.79 Å². The number of nitrogens with zero attached hydrogens (tertiary/aromatic N) is 2. The molecular formula is C17H24N2O5. The van der Waals surface area contributed by atoms with Gasteiger partial charge in [0.15, 0.2) is 0 Å². The fourth-order valence-corrected chi connectivity index (χ4v) is 2.32. The highest BCUT2D eigenvalue weighted by Crippen LogP contribution is 2.32. The molecule has 0 atom stereocenters. The van der Waals surface area contributed by atoms with Crippen LogP contribution in [0.5, 0.6) is 5.88 Å². The molecule has 1 saturated heterocycles. The third-order valence-electron chi connectivity index (χ3n) is 3.60. The van der Waals surface area contributed by atoms with Crippen LogP contribution in [-0.2, 0) is 20.9 Å². The zero-order chi connectivity index (χ0) is 18.0. The fourth-order valence-electron chi connectivity index (χ4n) is 2.32. The first kappa shape index (κ1) is 18.0. The number of pyridine rings is 1. The number of esters is 1. The lowest BCUT2D eigenvalue weighted by Crippen LogP contribution is -2.61. The molecular weight excluding hydrogens is 312 g/mol. The molecule has 7 nitrogen and oxygen atoms in total. The summed E-state index contributed by atoms with van der Waals surface area (Å²) >= 11 is 0. The van der Waals surface area contributed by atoms with Crippen LogP contribution in [0.4, 0.5) is 4.79 Å². The van der Waals surface area contributed by atoms with E-state index in [1.54, 1.807) is 46.0 Å². The second-order valence-electron chi connectivity index (χ2n) is 7.18. The number of hydrogen-bond acceptors (Lipinski definition) is 6. The van der Waals surface area contributed by atoms with E-state index in [-0.39, 0.29) is 12.6 Å². The summed E-state index contributed by atoms with van der Waals surface area (Å²) in [7, 11) is 1.54. The fraction of sp³-hybridized carbons (Fsp3) is 0.588. The largest absolute Gasteiger partial charge is 0.481 e. The van der Waals surface area contributed by atoms with Crippen molar-refractivity contribution in [3.63, 3.8) is 0 Å². The highest BCUT2D eigenvalue weighted by atomic mass is 16.6. The molecule has 1 aromatic heterocycles. The van der Waals surface area contributed by atoms with Gasteiger partial charge in [0.1, 0.15) is 17.6 Å². The zero-order valence-electron chi connectivity index (χ0n) is 14.8. The van der Waals surface area contributed by atoms with E-state index < -0.39 is 17.1 Å². The van der Waals surface area contributed by atoms with Crippen molar-refractivity contribution in [1.82, 2.24) is 9.88 Å². The minimum atomic E-state index is -0.698. The molecule has 24 heavy (non-hydrogen) atoms. The van der Waals surface area contributed by atoms with Gasteiger partial charge in [-0.25, -0.2) is 9.78 Å². The quantitative estimate of drug-likeness (QED) is 0.786. The highest BCUT2D eigenvalue weighted by Gasteiger charge is 2.49. The van der Waals surface area contributed by atoms with Crippen molar-refractivity contribution >= 4 is 12.1 Å². The van der Waals surface area contributed by atoms with Gasteiger partial charge in [0.25, 0.3) is 0 Å². The first-order valence-corrected chi connectivity index (χ1v) is 7.77. The Bertz CT molecular complexity index is 600. The lowest BCUT2D eigenvalue weighted by Gasteiger charge is -2.45. The minimum Gasteiger partial charge on any atom is -0.481 e. The predicted molar refractivity (Wildman–Crippen MR) is 86.5 cm³/mol. The van der Waals surface area contributed by atoms with Gasteiger partial charge in [0, 0.05) is 30.9 Å². The summed E-state index contributed by atoms with van der Waals surface area (Å²) in [5.41, 5.74) is -0.474. The lowest BCUT2D eigenvalue weighted by molar-refractivity contribution is -0.165. The molecule has 1 amide bonds. The van der Waals surface area contributed by atoms with Crippen LogP contribution in [0, 0.1) is 5.41 Å². The van der Waals surface area contributed by atoms with Crippen molar-refractivity contribution in [3.8, 4) is 5.88 Å². The Hall–Kier alpha value is -2.31. The number of carbonyl (C=O) groups is 2. The molecule has 0 bridgehead atoms. The molecule has 1 fully saturated rings. The average Bonchev–Trinajstić information content (AvgIpc) is 2.48. The average molecular weight is 336 g/mol. The number of amides is 1. The number of aromatic nitrogens is 1. The molecule has 7 heteroatoms. The molecule has 2 heterocycles. The number of methoxy groups -OCH3 is 1. The predicted octanol–water partition coefficient (Wildman–Crippen LogP) is 2.39. The Labute approximate surface area is 141 Å². The van der Waals surface area contributed by atoms with E-state index in [9.17, 15) is 9.59 Å². The summed E-state index contributed by atoms with van der Waals surface area (Å²) in [5, 5.41) is 0. The van der Waals surface area contributed by atoms with Gasteiger partial charge in [-0.05, 0) is 33.8 Å². The SMILES string of the molecule is COc1ccc(COC(=O)C2(C)CN(C(=O)OC(C)(C)C)C2)cn1. The van der Waals surface area contributed by atoms with Crippen LogP contribution in [0.25, 0.3) is 0 Å². The normalized spacial score (nSPS) is 16.1. The third kappa shape index (κ3) is 4.37. The minimum absolute atomic E-state index is 0.137. The van der Waals surface area contributed by atoms with Gasteiger partial charge in [0.05, 0.1) is 7.11 Å². The molecule has 0 saturated carbocycles. The number of carbonyl (C=O) groups excluding carboxylic acids is 2. The van der Waals surface area contributed by atoms with E-state index in [4.69, 9.17) is 14.2 Å². The lowest BCUT2D eigenvalue weighted by atomic mass is 9.82. The Morgan fingerprint density at radius 1 is 1.29 bits per heavy atom. The van der Waals surface area contributed by atoms with Crippen LogP contribution in [-0.4, -0.2) is 47.7 Å². The summed E-state index contributed by atoms with van der Waals surface area (Å²) in [4.78, 5) is 29.7. The standard InChI is InChI=1S/C17H24N2O5/c1-16(2,3)24-15(21)19-10-17(4,11-19)14(20)23-9-12-6-7-13(22-5)18-8-12/h6-8H,9-11H2,1-5H3. The number of rotatable bonds is 4. The van der Waals surface area contributed by atoms with E-state index in [1.807, 2.05) is 0 Å². The first-order chi connectivity index (χ1) is 11.1. The van der Waals surface area contributed by atoms with Crippen molar-refractivity contribution in [2.45, 2.75) is 39.9 Å². The van der Waals surface area contributed by atoms with Crippen LogP contribution in [0.15, 0.2) is 18.3 Å². The van der Waals surface area contributed by atoms with Crippen LogP contribution in [0.2, 0.25) is 0 Å². The summed E-state index contributed by atoms with van der Waals surface area (Å²) in [6.45, 7) is 7.92. The smallest absolute Gasteiger partial charge is 0.410 e. The van der Waals surface area contributed by atoms with Gasteiger partial charge >= 0.3 is 12.1 Å². The van der Waals surface area contributed by atoms with Gasteiger partial charge in [-0.2, -0.15) is 0 Å². The molecule has 1 aromatic rings. The van der Waals surface area contributed by atoms with E-state index in [0.29, 0.717) is 19.0 Å². The molecule has 1 aliphatic rings. The molecule has 132 valence electrons. The third-order valence-corrected chi connectivity index (χ3v) is 3.60. The van der Waals surface area contributed by atoms with Crippen molar-refractivity contribution in [1.29, 1.82) is 0 Å². The first-order valence-electron chi connectivity index (χ1n) is 7.77. The van der Waals surface area contributed by atoms with Crippen LogP contribution in [0.1, 0.15) is 33.3 Å². The summed E-state index contributed by atoms with van der Waals surface area (Å²) in [6.07, 6.45) is 1.19. The van der Waals surface area contributed by atoms with E-state index >= 15 is 0 Å². The Morgan fingerprint density at radius 3 is 2.46 bits per heavy atom. The molecule has 0 N–H and O–H groups in total. The van der Waals surface area contributed by atoms with Crippen molar-refractivity contribution in [3.05, 3.63) is 23.9 Å². The molecule has 0 aromatic carbocycles. The number of likely N-dealkylation sites (tertiary alicyclic amines) is 1. The van der Waals surface area contributed by atoms with E-state index in [0.717, 1.165) is 5.56 Å². The van der Waals surface area contributed by atoms with E-state index in [1.165, 1.54) is 12.0 Å². The number of hydrogen-bond donors (Lipinski definition) is 0. The van der Waals surface area contributed by atoms with Crippen molar-refractivity contribution < 1.29 is 23.8 Å². The van der Waals surface area contributed by atoms with E-state index in [2.05, 4.69) is 4.98 Å². The van der Waals surface area contributed by atoms with Crippen molar-refractivity contribution in [2.24, 2.45) is 5.41 Å². The van der Waals surface area contributed by atoms with Crippen molar-refractivity contribution in [2.75, 3.05) is 20.2 Å².